The highest BCUT2D eigenvalue weighted by molar-refractivity contribution is 7.13. The molecule has 0 unspecified atom stereocenters. The first kappa shape index (κ1) is 12.2. The lowest BCUT2D eigenvalue weighted by Crippen LogP contribution is -2.04. The average molecular weight is 293 g/mol. The molecular weight excluding hydrogens is 282 g/mol. The zero-order valence-corrected chi connectivity index (χ0v) is 12.1. The lowest BCUT2D eigenvalue weighted by Gasteiger charge is -2.00. The van der Waals surface area contributed by atoms with Gasteiger partial charge in [0, 0.05) is 23.5 Å². The smallest absolute Gasteiger partial charge is 0.236 e. The normalized spacial score (nSPS) is 11.1. The summed E-state index contributed by atoms with van der Waals surface area (Å²) in [4.78, 5) is 14.3. The molecule has 0 saturated heterocycles. The highest BCUT2D eigenvalue weighted by Gasteiger charge is 2.16. The van der Waals surface area contributed by atoms with Gasteiger partial charge >= 0.3 is 0 Å². The first-order valence-corrected chi connectivity index (χ1v) is 7.38. The third kappa shape index (κ3) is 2.00. The van der Waals surface area contributed by atoms with E-state index in [4.69, 9.17) is 0 Å². The van der Waals surface area contributed by atoms with Crippen molar-refractivity contribution in [3.8, 4) is 16.5 Å². The summed E-state index contributed by atoms with van der Waals surface area (Å²) in [5.41, 5.74) is 2.59. The quantitative estimate of drug-likeness (QED) is 0.569. The van der Waals surface area contributed by atoms with Gasteiger partial charge in [-0.2, -0.15) is 9.78 Å². The highest BCUT2D eigenvalue weighted by Crippen LogP contribution is 2.30. The summed E-state index contributed by atoms with van der Waals surface area (Å²) >= 11 is 1.66. The Morgan fingerprint density at radius 2 is 2.00 bits per heavy atom. The minimum atomic E-state index is 0.543. The van der Waals surface area contributed by atoms with Crippen molar-refractivity contribution >= 4 is 22.4 Å². The second kappa shape index (κ2) is 4.75. The summed E-state index contributed by atoms with van der Waals surface area (Å²) in [6, 6.07) is 9.88. The van der Waals surface area contributed by atoms with E-state index < -0.39 is 0 Å². The lowest BCUT2D eigenvalue weighted by atomic mass is 10.2. The predicted octanol–water partition coefficient (Wildman–Crippen LogP) is 3.25. The summed E-state index contributed by atoms with van der Waals surface area (Å²) in [7, 11) is 0. The second-order valence-electron chi connectivity index (χ2n) is 4.61. The number of rotatable bonds is 2. The minimum absolute atomic E-state index is 0.543. The van der Waals surface area contributed by atoms with Gasteiger partial charge in [-0.3, -0.25) is 0 Å². The van der Waals surface area contributed by atoms with E-state index in [-0.39, 0.29) is 0 Å². The number of fused-ring (bicyclic) bond motifs is 1. The molecule has 0 radical (unpaired) electrons. The van der Waals surface area contributed by atoms with Crippen molar-refractivity contribution in [2.45, 2.75) is 6.92 Å². The standard InChI is InChI=1S/C15H11N5S/c1-10-6-8-17-15(18-10)20-14-11(4-2-7-16-14)13(19-20)12-5-3-9-21-12/h2-9H,1H3. The fourth-order valence-electron chi connectivity index (χ4n) is 2.22. The third-order valence-electron chi connectivity index (χ3n) is 3.17. The Balaban J connectivity index is 2.02. The molecule has 4 rings (SSSR count). The number of hydrogen-bond donors (Lipinski definition) is 0. The Kier molecular flexibility index (Phi) is 2.75. The Morgan fingerprint density at radius 1 is 1.05 bits per heavy atom. The zero-order chi connectivity index (χ0) is 14.2. The van der Waals surface area contributed by atoms with Crippen molar-refractivity contribution in [2.75, 3.05) is 0 Å². The van der Waals surface area contributed by atoms with Gasteiger partial charge in [-0.25, -0.2) is 15.0 Å². The van der Waals surface area contributed by atoms with E-state index in [0.717, 1.165) is 27.3 Å². The molecule has 102 valence electrons. The molecule has 0 spiro atoms. The van der Waals surface area contributed by atoms with Crippen LogP contribution in [0.2, 0.25) is 0 Å². The van der Waals surface area contributed by atoms with E-state index in [2.05, 4.69) is 26.1 Å². The molecule has 0 aliphatic carbocycles. The number of aromatic nitrogens is 5. The number of pyridine rings is 1. The van der Waals surface area contributed by atoms with Gasteiger partial charge in [0.2, 0.25) is 0 Å². The Bertz CT molecular complexity index is 911. The van der Waals surface area contributed by atoms with E-state index in [1.165, 1.54) is 0 Å². The molecule has 21 heavy (non-hydrogen) atoms. The van der Waals surface area contributed by atoms with Gasteiger partial charge in [0.15, 0.2) is 5.65 Å². The van der Waals surface area contributed by atoms with Crippen LogP contribution in [-0.4, -0.2) is 24.7 Å². The van der Waals surface area contributed by atoms with Gasteiger partial charge in [-0.1, -0.05) is 6.07 Å². The first-order chi connectivity index (χ1) is 10.3. The van der Waals surface area contributed by atoms with Gasteiger partial charge < -0.3 is 0 Å². The largest absolute Gasteiger partial charge is 0.252 e. The monoisotopic (exact) mass is 293 g/mol. The maximum atomic E-state index is 4.68. The van der Waals surface area contributed by atoms with E-state index in [1.54, 1.807) is 28.4 Å². The number of thiophene rings is 1. The maximum Gasteiger partial charge on any atom is 0.252 e. The molecular formula is C15H11N5S. The molecule has 0 fully saturated rings. The van der Waals surface area contributed by atoms with Gasteiger partial charge in [-0.15, -0.1) is 11.3 Å². The lowest BCUT2D eigenvalue weighted by molar-refractivity contribution is 0.819. The van der Waals surface area contributed by atoms with Crippen LogP contribution in [0.4, 0.5) is 0 Å². The van der Waals surface area contributed by atoms with Crippen molar-refractivity contribution in [2.24, 2.45) is 0 Å². The fourth-order valence-corrected chi connectivity index (χ4v) is 2.95. The van der Waals surface area contributed by atoms with Gasteiger partial charge in [0.1, 0.15) is 5.69 Å². The molecule has 0 aliphatic rings. The van der Waals surface area contributed by atoms with E-state index in [1.807, 2.05) is 36.6 Å². The van der Waals surface area contributed by atoms with Crippen LogP contribution in [-0.2, 0) is 0 Å². The summed E-state index contributed by atoms with van der Waals surface area (Å²) in [6.45, 7) is 1.94. The molecule has 0 aliphatic heterocycles. The van der Waals surface area contributed by atoms with Crippen LogP contribution in [0, 0.1) is 6.92 Å². The fraction of sp³-hybridized carbons (Fsp3) is 0.0667. The van der Waals surface area contributed by atoms with Crippen LogP contribution in [0.3, 0.4) is 0 Å². The Morgan fingerprint density at radius 3 is 2.81 bits per heavy atom. The molecule has 4 aromatic heterocycles. The topological polar surface area (TPSA) is 56.5 Å². The summed E-state index contributed by atoms with van der Waals surface area (Å²) in [6.07, 6.45) is 3.49. The van der Waals surface area contributed by atoms with E-state index >= 15 is 0 Å². The van der Waals surface area contributed by atoms with Crippen molar-refractivity contribution < 1.29 is 0 Å². The molecule has 0 N–H and O–H groups in total. The molecule has 4 heterocycles. The molecule has 0 amide bonds. The number of aryl methyl sites for hydroxylation is 1. The van der Waals surface area contributed by atoms with Crippen LogP contribution in [0.1, 0.15) is 5.69 Å². The Labute approximate surface area is 124 Å². The van der Waals surface area contributed by atoms with Crippen LogP contribution in [0.25, 0.3) is 27.6 Å². The van der Waals surface area contributed by atoms with E-state index in [9.17, 15) is 0 Å². The zero-order valence-electron chi connectivity index (χ0n) is 11.3. The van der Waals surface area contributed by atoms with Crippen molar-refractivity contribution in [1.82, 2.24) is 24.7 Å². The SMILES string of the molecule is Cc1ccnc(-n2nc(-c3cccs3)c3cccnc32)n1. The average Bonchev–Trinajstić information content (AvgIpc) is 3.14. The van der Waals surface area contributed by atoms with Gasteiger partial charge in [0.05, 0.1) is 4.88 Å². The molecule has 4 aromatic rings. The van der Waals surface area contributed by atoms with Crippen molar-refractivity contribution in [3.63, 3.8) is 0 Å². The van der Waals surface area contributed by atoms with Gasteiger partial charge in [-0.05, 0) is 36.6 Å². The van der Waals surface area contributed by atoms with Crippen molar-refractivity contribution in [1.29, 1.82) is 0 Å². The van der Waals surface area contributed by atoms with Crippen LogP contribution in [0.5, 0.6) is 0 Å². The molecule has 0 saturated carbocycles. The summed E-state index contributed by atoms with van der Waals surface area (Å²) < 4.78 is 1.71. The summed E-state index contributed by atoms with van der Waals surface area (Å²) in [5.74, 6) is 0.543. The number of nitrogens with zero attached hydrogens (tertiary/aromatic N) is 5. The second-order valence-corrected chi connectivity index (χ2v) is 5.56. The minimum Gasteiger partial charge on any atom is -0.236 e. The molecule has 5 nitrogen and oxygen atoms in total. The van der Waals surface area contributed by atoms with Crippen molar-refractivity contribution in [3.05, 3.63) is 53.8 Å². The maximum absolute atomic E-state index is 4.68. The van der Waals surface area contributed by atoms with Crippen LogP contribution < -0.4 is 0 Å². The summed E-state index contributed by atoms with van der Waals surface area (Å²) in [5, 5.41) is 7.73. The first-order valence-electron chi connectivity index (χ1n) is 6.50. The molecule has 6 heteroatoms. The predicted molar refractivity (Wildman–Crippen MR) is 82.5 cm³/mol. The third-order valence-corrected chi connectivity index (χ3v) is 4.05. The van der Waals surface area contributed by atoms with Crippen LogP contribution in [0.15, 0.2) is 48.1 Å². The molecule has 0 aromatic carbocycles. The van der Waals surface area contributed by atoms with Gasteiger partial charge in [0.25, 0.3) is 5.95 Å². The molecule has 0 bridgehead atoms. The highest BCUT2D eigenvalue weighted by atomic mass is 32.1. The van der Waals surface area contributed by atoms with E-state index in [0.29, 0.717) is 5.95 Å². The van der Waals surface area contributed by atoms with Crippen LogP contribution >= 0.6 is 11.3 Å². The Hall–Kier alpha value is -2.60. The molecule has 0 atom stereocenters. The number of hydrogen-bond acceptors (Lipinski definition) is 5.